The minimum atomic E-state index is -1.02. The number of carbonyl (C=O) groups is 2. The summed E-state index contributed by atoms with van der Waals surface area (Å²) in [5.74, 6) is -1.12. The predicted octanol–water partition coefficient (Wildman–Crippen LogP) is 2.48. The van der Waals surface area contributed by atoms with Gasteiger partial charge in [-0.1, -0.05) is 11.6 Å². The third-order valence-electron chi connectivity index (χ3n) is 2.79. The zero-order chi connectivity index (χ0) is 14.4. The minimum Gasteiger partial charge on any atom is -0.341 e. The molecule has 1 aliphatic rings. The smallest absolute Gasteiger partial charge is 0.252 e. The van der Waals surface area contributed by atoms with Crippen molar-refractivity contribution in [3.63, 3.8) is 0 Å². The zero-order valence-electron chi connectivity index (χ0n) is 10.3. The van der Waals surface area contributed by atoms with Crippen LogP contribution in [-0.4, -0.2) is 23.9 Å². The maximum atomic E-state index is 13.2. The number of anilines is 1. The van der Waals surface area contributed by atoms with Gasteiger partial charge >= 0.3 is 0 Å². The van der Waals surface area contributed by atoms with E-state index in [-0.39, 0.29) is 23.4 Å². The van der Waals surface area contributed by atoms with Crippen LogP contribution < -0.4 is 10.2 Å². The molecule has 0 bridgehead atoms. The van der Waals surface area contributed by atoms with Gasteiger partial charge in [0, 0.05) is 4.47 Å². The van der Waals surface area contributed by atoms with Crippen LogP contribution in [0, 0.1) is 5.82 Å². The molecular formula is C12H11BrClFN2O2. The first-order chi connectivity index (χ1) is 8.72. The maximum absolute atomic E-state index is 13.2. The van der Waals surface area contributed by atoms with Crippen molar-refractivity contribution in [3.8, 4) is 0 Å². The highest BCUT2D eigenvalue weighted by Crippen LogP contribution is 2.36. The molecule has 0 spiro atoms. The van der Waals surface area contributed by atoms with Gasteiger partial charge in [-0.15, -0.1) is 0 Å². The number of piperazine rings is 1. The second-order valence-corrected chi connectivity index (χ2v) is 6.04. The second-order valence-electron chi connectivity index (χ2n) is 4.78. The lowest BCUT2D eigenvalue weighted by Gasteiger charge is -2.38. The molecule has 4 nitrogen and oxygen atoms in total. The molecule has 0 aliphatic carbocycles. The third-order valence-corrected chi connectivity index (χ3v) is 3.68. The molecule has 102 valence electrons. The lowest BCUT2D eigenvalue weighted by Crippen LogP contribution is -2.64. The number of nitrogens with zero attached hydrogens (tertiary/aromatic N) is 1. The van der Waals surface area contributed by atoms with E-state index in [9.17, 15) is 14.0 Å². The fourth-order valence-corrected chi connectivity index (χ4v) is 3.04. The van der Waals surface area contributed by atoms with Crippen molar-refractivity contribution in [1.82, 2.24) is 5.32 Å². The molecule has 0 atom stereocenters. The number of hydrogen-bond donors (Lipinski definition) is 1. The quantitative estimate of drug-likeness (QED) is 0.847. The van der Waals surface area contributed by atoms with Crippen LogP contribution in [-0.2, 0) is 9.59 Å². The third kappa shape index (κ3) is 2.60. The molecule has 1 aliphatic heterocycles. The molecule has 0 unspecified atom stereocenters. The SMILES string of the molecule is CC1(C)NC(=O)CN(c2c(Cl)cc(F)cc2Br)C1=O. The standard InChI is InChI=1S/C12H11BrClFN2O2/c1-12(2)11(19)17(5-9(18)16-12)10-7(13)3-6(15)4-8(10)14/h3-4H,5H2,1-2H3,(H,16,18). The Morgan fingerprint density at radius 2 is 2.05 bits per heavy atom. The van der Waals surface area contributed by atoms with Gasteiger partial charge in [-0.2, -0.15) is 0 Å². The van der Waals surface area contributed by atoms with E-state index in [1.165, 1.54) is 11.0 Å². The molecule has 0 aromatic heterocycles. The van der Waals surface area contributed by atoms with Crippen molar-refractivity contribution >= 4 is 45.0 Å². The fourth-order valence-electron chi connectivity index (χ4n) is 1.97. The molecule has 1 saturated heterocycles. The normalized spacial score (nSPS) is 18.5. The Labute approximate surface area is 123 Å². The van der Waals surface area contributed by atoms with Crippen LogP contribution >= 0.6 is 27.5 Å². The Balaban J connectivity index is 2.52. The van der Waals surface area contributed by atoms with E-state index in [1.54, 1.807) is 13.8 Å². The molecule has 7 heteroatoms. The summed E-state index contributed by atoms with van der Waals surface area (Å²) in [6.07, 6.45) is 0. The Kier molecular flexibility index (Phi) is 3.57. The highest BCUT2D eigenvalue weighted by Gasteiger charge is 2.41. The van der Waals surface area contributed by atoms with Gasteiger partial charge in [0.1, 0.15) is 17.9 Å². The van der Waals surface area contributed by atoms with E-state index in [2.05, 4.69) is 21.2 Å². The van der Waals surface area contributed by atoms with Gasteiger partial charge in [-0.25, -0.2) is 4.39 Å². The van der Waals surface area contributed by atoms with E-state index in [1.807, 2.05) is 0 Å². The lowest BCUT2D eigenvalue weighted by atomic mass is 10.00. The molecule has 19 heavy (non-hydrogen) atoms. The average molecular weight is 350 g/mol. The highest BCUT2D eigenvalue weighted by molar-refractivity contribution is 9.10. The number of rotatable bonds is 1. The first-order valence-corrected chi connectivity index (χ1v) is 6.67. The molecular weight excluding hydrogens is 338 g/mol. The summed E-state index contributed by atoms with van der Waals surface area (Å²) in [6.45, 7) is 3.06. The van der Waals surface area contributed by atoms with E-state index in [0.717, 1.165) is 6.07 Å². The average Bonchev–Trinajstić information content (AvgIpc) is 2.22. The number of amides is 2. The van der Waals surface area contributed by atoms with Gasteiger partial charge in [0.15, 0.2) is 0 Å². The first kappa shape index (κ1) is 14.3. The Bertz CT molecular complexity index is 554. The lowest BCUT2D eigenvalue weighted by molar-refractivity contribution is -0.134. The molecule has 2 amide bonds. The number of halogens is 3. The van der Waals surface area contributed by atoms with Crippen LogP contribution in [0.5, 0.6) is 0 Å². The molecule has 2 rings (SSSR count). The molecule has 1 fully saturated rings. The number of nitrogens with one attached hydrogen (secondary N) is 1. The minimum absolute atomic E-state index is 0.0747. The monoisotopic (exact) mass is 348 g/mol. The maximum Gasteiger partial charge on any atom is 0.252 e. The molecule has 0 radical (unpaired) electrons. The summed E-state index contributed by atoms with van der Waals surface area (Å²) in [7, 11) is 0. The van der Waals surface area contributed by atoms with Crippen LogP contribution in [0.1, 0.15) is 13.8 Å². The Morgan fingerprint density at radius 3 is 2.63 bits per heavy atom. The largest absolute Gasteiger partial charge is 0.341 e. The second kappa shape index (κ2) is 4.76. The Hall–Kier alpha value is -1.14. The topological polar surface area (TPSA) is 49.4 Å². The summed E-state index contributed by atoms with van der Waals surface area (Å²) in [5.41, 5.74) is -0.719. The molecule has 1 aromatic rings. The molecule has 1 N–H and O–H groups in total. The highest BCUT2D eigenvalue weighted by atomic mass is 79.9. The summed E-state index contributed by atoms with van der Waals surface area (Å²) in [5, 5.41) is 2.67. The summed E-state index contributed by atoms with van der Waals surface area (Å²) >= 11 is 9.15. The van der Waals surface area contributed by atoms with E-state index in [0.29, 0.717) is 10.2 Å². The van der Waals surface area contributed by atoms with Crippen molar-refractivity contribution in [2.24, 2.45) is 0 Å². The van der Waals surface area contributed by atoms with E-state index >= 15 is 0 Å². The van der Waals surface area contributed by atoms with Crippen LogP contribution in [0.3, 0.4) is 0 Å². The van der Waals surface area contributed by atoms with Crippen molar-refractivity contribution in [1.29, 1.82) is 0 Å². The fraction of sp³-hybridized carbons (Fsp3) is 0.333. The summed E-state index contributed by atoms with van der Waals surface area (Å²) in [4.78, 5) is 25.2. The van der Waals surface area contributed by atoms with Gasteiger partial charge in [0.2, 0.25) is 5.91 Å². The molecule has 1 aromatic carbocycles. The van der Waals surface area contributed by atoms with Crippen LogP contribution in [0.2, 0.25) is 5.02 Å². The van der Waals surface area contributed by atoms with Gasteiger partial charge in [0.25, 0.3) is 5.91 Å². The van der Waals surface area contributed by atoms with Crippen molar-refractivity contribution in [3.05, 3.63) is 27.4 Å². The van der Waals surface area contributed by atoms with Crippen LogP contribution in [0.15, 0.2) is 16.6 Å². The summed E-state index contributed by atoms with van der Waals surface area (Å²) < 4.78 is 13.5. The van der Waals surface area contributed by atoms with Crippen molar-refractivity contribution in [2.45, 2.75) is 19.4 Å². The number of carbonyl (C=O) groups excluding carboxylic acids is 2. The van der Waals surface area contributed by atoms with Gasteiger partial charge in [-0.05, 0) is 41.9 Å². The molecule has 0 saturated carbocycles. The van der Waals surface area contributed by atoms with Crippen molar-refractivity contribution in [2.75, 3.05) is 11.4 Å². The predicted molar refractivity (Wildman–Crippen MR) is 73.7 cm³/mol. The van der Waals surface area contributed by atoms with Gasteiger partial charge in [-0.3, -0.25) is 14.5 Å². The van der Waals surface area contributed by atoms with E-state index < -0.39 is 11.4 Å². The van der Waals surface area contributed by atoms with Gasteiger partial charge in [0.05, 0.1) is 10.7 Å². The van der Waals surface area contributed by atoms with E-state index in [4.69, 9.17) is 11.6 Å². The van der Waals surface area contributed by atoms with Gasteiger partial charge < -0.3 is 5.32 Å². The molecule has 1 heterocycles. The zero-order valence-corrected chi connectivity index (χ0v) is 12.6. The van der Waals surface area contributed by atoms with Crippen molar-refractivity contribution < 1.29 is 14.0 Å². The first-order valence-electron chi connectivity index (χ1n) is 5.50. The van der Waals surface area contributed by atoms with Crippen LogP contribution in [0.25, 0.3) is 0 Å². The number of hydrogen-bond acceptors (Lipinski definition) is 2. The Morgan fingerprint density at radius 1 is 1.42 bits per heavy atom. The number of benzene rings is 1. The van der Waals surface area contributed by atoms with Crippen LogP contribution in [0.4, 0.5) is 10.1 Å². The summed E-state index contributed by atoms with van der Waals surface area (Å²) in [6, 6.07) is 2.31.